The Morgan fingerprint density at radius 3 is 2.85 bits per heavy atom. The number of nitrogens with zero attached hydrogens (tertiary/aromatic N) is 5. The van der Waals surface area contributed by atoms with Crippen LogP contribution in [0.2, 0.25) is 0 Å². The summed E-state index contributed by atoms with van der Waals surface area (Å²) in [5.41, 5.74) is 2.62. The number of piperidine rings is 1. The smallest absolute Gasteiger partial charge is 0.239 e. The molecule has 1 saturated heterocycles. The molecule has 2 aliphatic rings. The van der Waals surface area contributed by atoms with Gasteiger partial charge in [0, 0.05) is 42.7 Å². The van der Waals surface area contributed by atoms with E-state index in [0.29, 0.717) is 11.5 Å². The molecule has 1 fully saturated rings. The van der Waals surface area contributed by atoms with Crippen molar-refractivity contribution >= 4 is 11.7 Å². The van der Waals surface area contributed by atoms with Crippen LogP contribution in [0.15, 0.2) is 18.3 Å². The standard InChI is InChI=1S/C25H36N6O2/c1-25(2,3)29-22(32)16-31(5)24-19-9-6-10-20(19)27-23(28-24)21-14-17(11-12-26-21)33-18-8-7-13-30(4)15-18/h11-12,14,18H,6-10,13,15-16H2,1-5H3,(H,29,32)/t18-/m1/s1. The monoisotopic (exact) mass is 452 g/mol. The number of aromatic nitrogens is 3. The van der Waals surface area contributed by atoms with E-state index in [-0.39, 0.29) is 24.1 Å². The van der Waals surface area contributed by atoms with Gasteiger partial charge in [0.2, 0.25) is 5.91 Å². The summed E-state index contributed by atoms with van der Waals surface area (Å²) in [6.07, 6.45) is 7.05. The van der Waals surface area contributed by atoms with Crippen molar-refractivity contribution in [2.75, 3.05) is 38.6 Å². The first-order valence-corrected chi connectivity index (χ1v) is 11.9. The maximum Gasteiger partial charge on any atom is 0.239 e. The molecule has 1 aliphatic carbocycles. The van der Waals surface area contributed by atoms with Gasteiger partial charge in [-0.15, -0.1) is 0 Å². The van der Waals surface area contributed by atoms with Gasteiger partial charge in [-0.1, -0.05) is 0 Å². The maximum absolute atomic E-state index is 12.5. The number of hydrogen-bond acceptors (Lipinski definition) is 7. The fourth-order valence-corrected chi connectivity index (χ4v) is 4.61. The number of pyridine rings is 1. The third-order valence-electron chi connectivity index (χ3n) is 6.01. The highest BCUT2D eigenvalue weighted by atomic mass is 16.5. The summed E-state index contributed by atoms with van der Waals surface area (Å²) in [6.45, 7) is 8.24. The second-order valence-electron chi connectivity index (χ2n) is 10.3. The number of carbonyl (C=O) groups excluding carboxylic acids is 1. The number of likely N-dealkylation sites (tertiary alicyclic amines) is 1. The fraction of sp³-hybridized carbons (Fsp3) is 0.600. The fourth-order valence-electron chi connectivity index (χ4n) is 4.61. The van der Waals surface area contributed by atoms with Gasteiger partial charge >= 0.3 is 0 Å². The Morgan fingerprint density at radius 1 is 1.27 bits per heavy atom. The van der Waals surface area contributed by atoms with Crippen molar-refractivity contribution < 1.29 is 9.53 Å². The molecule has 3 heterocycles. The van der Waals surface area contributed by atoms with Gasteiger partial charge in [-0.25, -0.2) is 9.97 Å². The van der Waals surface area contributed by atoms with E-state index in [0.717, 1.165) is 68.0 Å². The van der Waals surface area contributed by atoms with Gasteiger partial charge in [-0.05, 0) is 72.5 Å². The van der Waals surface area contributed by atoms with Gasteiger partial charge in [-0.3, -0.25) is 9.78 Å². The molecule has 1 atom stereocenters. The number of anilines is 1. The number of carbonyl (C=O) groups is 1. The summed E-state index contributed by atoms with van der Waals surface area (Å²) in [4.78, 5) is 31.0. The zero-order valence-corrected chi connectivity index (χ0v) is 20.5. The summed E-state index contributed by atoms with van der Waals surface area (Å²) < 4.78 is 6.26. The molecule has 0 aromatic carbocycles. The number of amides is 1. The number of ether oxygens (including phenoxy) is 1. The normalized spacial score (nSPS) is 18.6. The SMILES string of the molecule is CN1CCC[C@@H](Oc2ccnc(-c3nc4c(c(N(C)CC(=O)NC(C)(C)C)n3)CCC4)c2)C1. The number of likely N-dealkylation sites (N-methyl/N-ethyl adjacent to an activating group) is 2. The Hall–Kier alpha value is -2.74. The van der Waals surface area contributed by atoms with Gasteiger partial charge in [0.25, 0.3) is 0 Å². The molecule has 8 nitrogen and oxygen atoms in total. The molecule has 0 bridgehead atoms. The van der Waals surface area contributed by atoms with Crippen LogP contribution in [-0.4, -0.2) is 71.1 Å². The minimum absolute atomic E-state index is 0.0251. The van der Waals surface area contributed by atoms with Gasteiger partial charge in [0.15, 0.2) is 5.82 Å². The maximum atomic E-state index is 12.5. The minimum atomic E-state index is -0.270. The first kappa shape index (κ1) is 23.4. The zero-order valence-electron chi connectivity index (χ0n) is 20.5. The molecule has 1 aliphatic heterocycles. The quantitative estimate of drug-likeness (QED) is 0.722. The van der Waals surface area contributed by atoms with E-state index in [1.807, 2.05) is 44.9 Å². The molecule has 4 rings (SSSR count). The molecule has 178 valence electrons. The van der Waals surface area contributed by atoms with Crippen LogP contribution in [0.3, 0.4) is 0 Å². The molecule has 2 aromatic heterocycles. The second-order valence-corrected chi connectivity index (χ2v) is 10.3. The van der Waals surface area contributed by atoms with Crippen molar-refractivity contribution in [2.45, 2.75) is 64.5 Å². The minimum Gasteiger partial charge on any atom is -0.489 e. The molecule has 1 N–H and O–H groups in total. The lowest BCUT2D eigenvalue weighted by molar-refractivity contribution is -0.121. The lowest BCUT2D eigenvalue weighted by Gasteiger charge is -2.30. The Balaban J connectivity index is 1.57. The van der Waals surface area contributed by atoms with E-state index in [1.165, 1.54) is 0 Å². The number of aryl methyl sites for hydroxylation is 1. The molecule has 0 unspecified atom stereocenters. The zero-order chi connectivity index (χ0) is 23.6. The van der Waals surface area contributed by atoms with Gasteiger partial charge in [0.1, 0.15) is 23.4 Å². The third-order valence-corrected chi connectivity index (χ3v) is 6.01. The van der Waals surface area contributed by atoms with Crippen LogP contribution in [0.25, 0.3) is 11.5 Å². The van der Waals surface area contributed by atoms with E-state index in [4.69, 9.17) is 14.7 Å². The highest BCUT2D eigenvalue weighted by molar-refractivity contribution is 5.82. The van der Waals surface area contributed by atoms with Crippen LogP contribution in [-0.2, 0) is 17.6 Å². The summed E-state index contributed by atoms with van der Waals surface area (Å²) in [5.74, 6) is 2.17. The largest absolute Gasteiger partial charge is 0.489 e. The number of rotatable bonds is 6. The summed E-state index contributed by atoms with van der Waals surface area (Å²) in [5, 5.41) is 3.03. The topological polar surface area (TPSA) is 83.5 Å². The average molecular weight is 453 g/mol. The van der Waals surface area contributed by atoms with Crippen molar-refractivity contribution in [3.8, 4) is 17.3 Å². The van der Waals surface area contributed by atoms with Crippen LogP contribution in [0.4, 0.5) is 5.82 Å². The molecule has 0 saturated carbocycles. The number of hydrogen-bond donors (Lipinski definition) is 1. The summed E-state index contributed by atoms with van der Waals surface area (Å²) >= 11 is 0. The lowest BCUT2D eigenvalue weighted by Crippen LogP contribution is -2.45. The lowest BCUT2D eigenvalue weighted by atomic mass is 10.1. The molecule has 2 aromatic rings. The Morgan fingerprint density at radius 2 is 2.09 bits per heavy atom. The van der Waals surface area contributed by atoms with Crippen molar-refractivity contribution in [3.63, 3.8) is 0 Å². The molecule has 33 heavy (non-hydrogen) atoms. The molecule has 1 amide bonds. The van der Waals surface area contributed by atoms with Crippen LogP contribution >= 0.6 is 0 Å². The van der Waals surface area contributed by atoms with E-state index < -0.39 is 0 Å². The predicted molar refractivity (Wildman–Crippen MR) is 130 cm³/mol. The molecular formula is C25H36N6O2. The first-order valence-electron chi connectivity index (χ1n) is 11.9. The van der Waals surface area contributed by atoms with Gasteiger partial charge < -0.3 is 19.9 Å². The molecule has 8 heteroatoms. The highest BCUT2D eigenvalue weighted by Gasteiger charge is 2.25. The van der Waals surface area contributed by atoms with E-state index in [2.05, 4.69) is 22.2 Å². The second kappa shape index (κ2) is 9.63. The Labute approximate surface area is 196 Å². The third kappa shape index (κ3) is 5.99. The van der Waals surface area contributed by atoms with Gasteiger partial charge in [-0.2, -0.15) is 0 Å². The Kier molecular flexibility index (Phi) is 6.83. The van der Waals surface area contributed by atoms with Crippen molar-refractivity contribution in [2.24, 2.45) is 0 Å². The Bertz CT molecular complexity index is 1000. The predicted octanol–water partition coefficient (Wildman–Crippen LogP) is 2.85. The van der Waals surface area contributed by atoms with Crippen molar-refractivity contribution in [1.29, 1.82) is 0 Å². The summed E-state index contributed by atoms with van der Waals surface area (Å²) in [7, 11) is 4.05. The van der Waals surface area contributed by atoms with Crippen molar-refractivity contribution in [3.05, 3.63) is 29.6 Å². The number of nitrogens with one attached hydrogen (secondary N) is 1. The molecule has 0 spiro atoms. The van der Waals surface area contributed by atoms with Crippen LogP contribution < -0.4 is 15.0 Å². The van der Waals surface area contributed by atoms with Crippen LogP contribution in [0, 0.1) is 0 Å². The average Bonchev–Trinajstić information content (AvgIpc) is 3.20. The number of fused-ring (bicyclic) bond motifs is 1. The van der Waals surface area contributed by atoms with Crippen molar-refractivity contribution in [1.82, 2.24) is 25.2 Å². The molecular weight excluding hydrogens is 416 g/mol. The van der Waals surface area contributed by atoms with Gasteiger partial charge in [0.05, 0.1) is 6.54 Å². The van der Waals surface area contributed by atoms with E-state index in [1.54, 1.807) is 6.20 Å². The summed E-state index contributed by atoms with van der Waals surface area (Å²) in [6, 6.07) is 3.83. The van der Waals surface area contributed by atoms with Crippen LogP contribution in [0.5, 0.6) is 5.75 Å². The van der Waals surface area contributed by atoms with E-state index >= 15 is 0 Å². The van der Waals surface area contributed by atoms with E-state index in [9.17, 15) is 4.79 Å². The molecule has 0 radical (unpaired) electrons. The highest BCUT2D eigenvalue weighted by Crippen LogP contribution is 2.31. The first-order chi connectivity index (χ1) is 15.7. The van der Waals surface area contributed by atoms with Crippen LogP contribution in [0.1, 0.15) is 51.3 Å².